The van der Waals surface area contributed by atoms with Gasteiger partial charge in [0.1, 0.15) is 0 Å². The quantitative estimate of drug-likeness (QED) is 0.731. The molecule has 4 rings (SSSR count). The minimum Gasteiger partial charge on any atom is -0.346 e. The molecule has 1 aromatic rings. The Morgan fingerprint density at radius 1 is 1.11 bits per heavy atom. The van der Waals surface area contributed by atoms with E-state index in [0.717, 1.165) is 24.4 Å². The highest BCUT2D eigenvalue weighted by molar-refractivity contribution is 8.15. The fourth-order valence-corrected chi connectivity index (χ4v) is 8.58. The molecule has 1 amide bonds. The lowest BCUT2D eigenvalue weighted by Crippen LogP contribution is -2.39. The number of hydrogen-bond acceptors (Lipinski definition) is 4. The summed E-state index contributed by atoms with van der Waals surface area (Å²) in [6, 6.07) is 10.1. The standard InChI is InChI=1S/C21H28N2O3S2/c24-20(13-17-9-5-2-6-10-17)22-21-23(12-11-16-7-3-1-4-8-16)18-14-28(25,26)15-19(18)27-21/h1,3-4,7-8,17-19H,2,5-6,9-15H2/t18-,19-/m0/s1. The van der Waals surface area contributed by atoms with Crippen LogP contribution in [0.15, 0.2) is 35.3 Å². The third kappa shape index (κ3) is 4.79. The molecule has 28 heavy (non-hydrogen) atoms. The summed E-state index contributed by atoms with van der Waals surface area (Å²) < 4.78 is 24.2. The van der Waals surface area contributed by atoms with Crippen LogP contribution in [0, 0.1) is 5.92 Å². The highest BCUT2D eigenvalue weighted by atomic mass is 32.2. The van der Waals surface area contributed by atoms with Crippen LogP contribution in [0.25, 0.3) is 0 Å². The van der Waals surface area contributed by atoms with E-state index in [1.165, 1.54) is 36.6 Å². The molecular weight excluding hydrogens is 392 g/mol. The number of hydrogen-bond donors (Lipinski definition) is 0. The van der Waals surface area contributed by atoms with Crippen LogP contribution in [0.1, 0.15) is 44.1 Å². The number of fused-ring (bicyclic) bond motifs is 1. The highest BCUT2D eigenvalue weighted by Gasteiger charge is 2.48. The average molecular weight is 421 g/mol. The molecule has 3 aliphatic rings. The van der Waals surface area contributed by atoms with Crippen LogP contribution in [0.4, 0.5) is 0 Å². The summed E-state index contributed by atoms with van der Waals surface area (Å²) in [5.41, 5.74) is 1.21. The Bertz CT molecular complexity index is 832. The van der Waals surface area contributed by atoms with E-state index in [0.29, 0.717) is 18.9 Å². The molecule has 7 heteroatoms. The summed E-state index contributed by atoms with van der Waals surface area (Å²) in [5, 5.41) is 0.739. The van der Waals surface area contributed by atoms with Gasteiger partial charge in [-0.05, 0) is 30.7 Å². The lowest BCUT2D eigenvalue weighted by atomic mass is 9.87. The number of sulfone groups is 1. The van der Waals surface area contributed by atoms with E-state index < -0.39 is 9.84 Å². The molecule has 152 valence electrons. The fourth-order valence-electron chi connectivity index (χ4n) is 4.58. The summed E-state index contributed by atoms with van der Waals surface area (Å²) >= 11 is 1.49. The monoisotopic (exact) mass is 420 g/mol. The van der Waals surface area contributed by atoms with E-state index in [-0.39, 0.29) is 28.7 Å². The number of amidine groups is 1. The van der Waals surface area contributed by atoms with Crippen LogP contribution in [-0.4, -0.2) is 53.7 Å². The summed E-state index contributed by atoms with van der Waals surface area (Å²) in [4.78, 5) is 19.1. The Labute approximate surface area is 171 Å². The van der Waals surface area contributed by atoms with Crippen molar-refractivity contribution in [2.45, 2.75) is 56.2 Å². The van der Waals surface area contributed by atoms with Crippen LogP contribution in [0.3, 0.4) is 0 Å². The zero-order valence-corrected chi connectivity index (χ0v) is 17.8. The van der Waals surface area contributed by atoms with Crippen LogP contribution in [0.2, 0.25) is 0 Å². The van der Waals surface area contributed by atoms with Crippen LogP contribution < -0.4 is 0 Å². The predicted octanol–water partition coefficient (Wildman–Crippen LogP) is 3.30. The maximum absolute atomic E-state index is 12.6. The molecule has 0 bridgehead atoms. The fraction of sp³-hybridized carbons (Fsp3) is 0.619. The molecule has 5 nitrogen and oxygen atoms in total. The van der Waals surface area contributed by atoms with Gasteiger partial charge >= 0.3 is 0 Å². The van der Waals surface area contributed by atoms with Gasteiger partial charge in [-0.3, -0.25) is 4.79 Å². The largest absolute Gasteiger partial charge is 0.346 e. The van der Waals surface area contributed by atoms with Gasteiger partial charge in [-0.15, -0.1) is 0 Å². The number of nitrogens with zero attached hydrogens (tertiary/aromatic N) is 2. The average Bonchev–Trinajstić information content (AvgIpc) is 3.12. The minimum absolute atomic E-state index is 0.00186. The Balaban J connectivity index is 1.47. The van der Waals surface area contributed by atoms with E-state index in [9.17, 15) is 13.2 Å². The second-order valence-corrected chi connectivity index (χ2v) is 11.6. The molecule has 0 aromatic heterocycles. The summed E-state index contributed by atoms with van der Waals surface area (Å²) in [5.74, 6) is 0.798. The molecule has 2 saturated heterocycles. The number of thioether (sulfide) groups is 1. The van der Waals surface area contributed by atoms with Crippen molar-refractivity contribution in [1.29, 1.82) is 0 Å². The maximum atomic E-state index is 12.6. The van der Waals surface area contributed by atoms with Gasteiger partial charge in [0, 0.05) is 18.2 Å². The molecule has 2 heterocycles. The molecule has 1 aliphatic carbocycles. The van der Waals surface area contributed by atoms with Crippen LogP contribution in [-0.2, 0) is 21.1 Å². The third-order valence-corrected chi connectivity index (χ3v) is 9.32. The molecule has 0 spiro atoms. The van der Waals surface area contributed by atoms with Gasteiger partial charge in [0.2, 0.25) is 5.91 Å². The van der Waals surface area contributed by atoms with Crippen molar-refractivity contribution < 1.29 is 13.2 Å². The molecule has 2 atom stereocenters. The summed E-state index contributed by atoms with van der Waals surface area (Å²) in [6.45, 7) is 0.698. The lowest BCUT2D eigenvalue weighted by Gasteiger charge is -2.24. The van der Waals surface area contributed by atoms with E-state index in [1.54, 1.807) is 0 Å². The third-order valence-electron chi connectivity index (χ3n) is 6.07. The normalized spacial score (nSPS) is 28.6. The first-order valence-corrected chi connectivity index (χ1v) is 13.0. The Morgan fingerprint density at radius 2 is 1.86 bits per heavy atom. The van der Waals surface area contributed by atoms with Gasteiger partial charge in [0.05, 0.1) is 17.5 Å². The van der Waals surface area contributed by atoms with E-state index >= 15 is 0 Å². The lowest BCUT2D eigenvalue weighted by molar-refractivity contribution is -0.118. The molecule has 0 N–H and O–H groups in total. The van der Waals surface area contributed by atoms with Gasteiger partial charge in [-0.25, -0.2) is 8.42 Å². The zero-order chi connectivity index (χ0) is 19.6. The van der Waals surface area contributed by atoms with Crippen molar-refractivity contribution in [2.75, 3.05) is 18.1 Å². The zero-order valence-electron chi connectivity index (χ0n) is 16.1. The molecule has 0 radical (unpaired) electrons. The first-order valence-electron chi connectivity index (χ1n) is 10.3. The molecule has 1 saturated carbocycles. The Kier molecular flexibility index (Phi) is 6.11. The van der Waals surface area contributed by atoms with Crippen molar-refractivity contribution >= 4 is 32.7 Å². The molecule has 3 fully saturated rings. The smallest absolute Gasteiger partial charge is 0.248 e. The molecule has 1 aromatic carbocycles. The van der Waals surface area contributed by atoms with Gasteiger partial charge < -0.3 is 4.90 Å². The van der Waals surface area contributed by atoms with Gasteiger partial charge in [-0.2, -0.15) is 4.99 Å². The number of aliphatic imine (C=N–C) groups is 1. The van der Waals surface area contributed by atoms with E-state index in [1.807, 2.05) is 18.2 Å². The van der Waals surface area contributed by atoms with Gasteiger partial charge in [0.25, 0.3) is 0 Å². The highest BCUT2D eigenvalue weighted by Crippen LogP contribution is 2.38. The van der Waals surface area contributed by atoms with Crippen molar-refractivity contribution in [3.05, 3.63) is 35.9 Å². The predicted molar refractivity (Wildman–Crippen MR) is 114 cm³/mol. The maximum Gasteiger partial charge on any atom is 0.248 e. The van der Waals surface area contributed by atoms with Crippen molar-refractivity contribution in [3.8, 4) is 0 Å². The van der Waals surface area contributed by atoms with Crippen molar-refractivity contribution in [3.63, 3.8) is 0 Å². The Morgan fingerprint density at radius 3 is 2.61 bits per heavy atom. The number of benzene rings is 1. The van der Waals surface area contributed by atoms with Gasteiger partial charge in [0.15, 0.2) is 15.0 Å². The van der Waals surface area contributed by atoms with Crippen molar-refractivity contribution in [1.82, 2.24) is 4.90 Å². The number of carbonyl (C=O) groups is 1. The number of rotatable bonds is 5. The van der Waals surface area contributed by atoms with Crippen LogP contribution >= 0.6 is 11.8 Å². The van der Waals surface area contributed by atoms with Crippen molar-refractivity contribution in [2.24, 2.45) is 10.9 Å². The van der Waals surface area contributed by atoms with E-state index in [4.69, 9.17) is 0 Å². The SMILES string of the molecule is O=C(CC1CCCCC1)N=C1S[C@H]2CS(=O)(=O)C[C@@H]2N1CCc1ccccc1. The molecular formula is C21H28N2O3S2. The van der Waals surface area contributed by atoms with E-state index in [2.05, 4.69) is 22.0 Å². The first-order chi connectivity index (χ1) is 13.5. The topological polar surface area (TPSA) is 66.8 Å². The summed E-state index contributed by atoms with van der Waals surface area (Å²) in [7, 11) is -3.00. The van der Waals surface area contributed by atoms with Gasteiger partial charge in [-0.1, -0.05) is 61.4 Å². The Hall–Kier alpha value is -1.34. The first kappa shape index (κ1) is 20.0. The number of carbonyl (C=O) groups excluding carboxylic acids is 1. The second-order valence-electron chi connectivity index (χ2n) is 8.23. The number of amides is 1. The minimum atomic E-state index is -3.00. The second kappa shape index (κ2) is 8.57. The summed E-state index contributed by atoms with van der Waals surface area (Å²) in [6.07, 6.45) is 7.32. The van der Waals surface area contributed by atoms with Crippen LogP contribution in [0.5, 0.6) is 0 Å². The molecule has 0 unspecified atom stereocenters. The molecule has 2 aliphatic heterocycles.